The summed E-state index contributed by atoms with van der Waals surface area (Å²) in [5, 5.41) is 4.41. The molecular formula is C18H24ClN3O2S. The number of halogens is 1. The molecule has 2 rings (SSSR count). The summed E-state index contributed by atoms with van der Waals surface area (Å²) in [4.78, 5) is 4.22. The number of ether oxygens (including phenoxy) is 1. The van der Waals surface area contributed by atoms with Gasteiger partial charge in [-0.15, -0.1) is 0 Å². The van der Waals surface area contributed by atoms with Gasteiger partial charge in [0.1, 0.15) is 11.5 Å². The first kappa shape index (κ1) is 19.6. The van der Waals surface area contributed by atoms with Gasteiger partial charge in [0.2, 0.25) is 0 Å². The average Bonchev–Trinajstić information content (AvgIpc) is 3.09. The fourth-order valence-corrected chi connectivity index (χ4v) is 3.03. The van der Waals surface area contributed by atoms with Gasteiger partial charge in [-0.2, -0.15) is 0 Å². The largest absolute Gasteiger partial charge is 0.495 e. The summed E-state index contributed by atoms with van der Waals surface area (Å²) in [5.41, 5.74) is 0.817. The summed E-state index contributed by atoms with van der Waals surface area (Å²) < 4.78 is 10.7. The molecule has 0 saturated carbocycles. The van der Waals surface area contributed by atoms with Gasteiger partial charge in [0, 0.05) is 18.8 Å². The van der Waals surface area contributed by atoms with Gasteiger partial charge in [-0.3, -0.25) is 0 Å². The highest BCUT2D eigenvalue weighted by atomic mass is 35.5. The van der Waals surface area contributed by atoms with Crippen molar-refractivity contribution in [1.82, 2.24) is 9.80 Å². The van der Waals surface area contributed by atoms with Crippen LogP contribution in [0.4, 0.5) is 5.69 Å². The van der Waals surface area contributed by atoms with E-state index in [1.807, 2.05) is 38.4 Å². The molecule has 1 atom stereocenters. The van der Waals surface area contributed by atoms with Gasteiger partial charge in [0.15, 0.2) is 5.11 Å². The van der Waals surface area contributed by atoms with E-state index in [0.717, 1.165) is 24.5 Å². The molecule has 0 aliphatic carbocycles. The van der Waals surface area contributed by atoms with Gasteiger partial charge in [0.25, 0.3) is 0 Å². The minimum atomic E-state index is 0.0173. The van der Waals surface area contributed by atoms with Crippen molar-refractivity contribution < 1.29 is 9.15 Å². The second-order valence-corrected chi connectivity index (χ2v) is 6.76. The maximum absolute atomic E-state index is 6.20. The molecule has 0 radical (unpaired) electrons. The average molecular weight is 382 g/mol. The zero-order chi connectivity index (χ0) is 18.4. The summed E-state index contributed by atoms with van der Waals surface area (Å²) in [6.45, 7) is 3.71. The molecule has 1 heterocycles. The highest BCUT2D eigenvalue weighted by Crippen LogP contribution is 2.28. The first-order valence-electron chi connectivity index (χ1n) is 8.01. The number of methoxy groups -OCH3 is 1. The lowest BCUT2D eigenvalue weighted by atomic mass is 10.2. The van der Waals surface area contributed by atoms with Crippen LogP contribution in [0, 0.1) is 0 Å². The Bertz CT molecular complexity index is 692. The van der Waals surface area contributed by atoms with E-state index in [4.69, 9.17) is 33.0 Å². The number of benzene rings is 1. The van der Waals surface area contributed by atoms with Crippen LogP contribution < -0.4 is 10.1 Å². The Hall–Kier alpha value is -1.76. The lowest BCUT2D eigenvalue weighted by molar-refractivity contribution is 0.263. The first-order chi connectivity index (χ1) is 11.9. The summed E-state index contributed by atoms with van der Waals surface area (Å²) in [6.07, 6.45) is 1.68. The third kappa shape index (κ3) is 5.36. The van der Waals surface area contributed by atoms with Crippen LogP contribution in [-0.2, 0) is 0 Å². The first-order valence-corrected chi connectivity index (χ1v) is 8.80. The number of nitrogens with zero attached hydrogens (tertiary/aromatic N) is 2. The number of thiocarbonyl (C=S) groups is 1. The lowest BCUT2D eigenvalue weighted by Gasteiger charge is -2.31. The van der Waals surface area contributed by atoms with Gasteiger partial charge in [0.05, 0.1) is 24.4 Å². The minimum Gasteiger partial charge on any atom is -0.495 e. The Kier molecular flexibility index (Phi) is 7.11. The molecule has 0 aliphatic heterocycles. The van der Waals surface area contributed by atoms with Crippen LogP contribution in [0.15, 0.2) is 41.0 Å². The van der Waals surface area contributed by atoms with E-state index in [9.17, 15) is 0 Å². The number of furan rings is 1. The third-order valence-electron chi connectivity index (χ3n) is 3.87. The van der Waals surface area contributed by atoms with E-state index in [1.54, 1.807) is 19.4 Å². The predicted molar refractivity (Wildman–Crippen MR) is 107 cm³/mol. The Morgan fingerprint density at radius 2 is 2.08 bits per heavy atom. The monoisotopic (exact) mass is 381 g/mol. The molecule has 5 nitrogen and oxygen atoms in total. The molecule has 0 aliphatic rings. The molecule has 1 aromatic heterocycles. The van der Waals surface area contributed by atoms with E-state index in [0.29, 0.717) is 15.9 Å². The number of hydrogen-bond acceptors (Lipinski definition) is 4. The third-order valence-corrected chi connectivity index (χ3v) is 4.51. The van der Waals surface area contributed by atoms with Gasteiger partial charge >= 0.3 is 0 Å². The summed E-state index contributed by atoms with van der Waals surface area (Å²) >= 11 is 11.8. The molecule has 0 saturated heterocycles. The number of anilines is 1. The molecule has 0 amide bonds. The molecule has 1 aromatic carbocycles. The Morgan fingerprint density at radius 1 is 1.32 bits per heavy atom. The van der Waals surface area contributed by atoms with Crippen molar-refractivity contribution in [2.24, 2.45) is 0 Å². The molecule has 0 spiro atoms. The zero-order valence-corrected chi connectivity index (χ0v) is 16.5. The molecule has 0 fully saturated rings. The molecule has 1 N–H and O–H groups in total. The summed E-state index contributed by atoms with van der Waals surface area (Å²) in [5.74, 6) is 1.50. The predicted octanol–water partition coefficient (Wildman–Crippen LogP) is 4.26. The van der Waals surface area contributed by atoms with E-state index < -0.39 is 0 Å². The Morgan fingerprint density at radius 3 is 2.64 bits per heavy atom. The lowest BCUT2D eigenvalue weighted by Crippen LogP contribution is -2.40. The van der Waals surface area contributed by atoms with E-state index in [-0.39, 0.29) is 6.04 Å². The summed E-state index contributed by atoms with van der Waals surface area (Å²) in [7, 11) is 5.66. The van der Waals surface area contributed by atoms with Crippen LogP contribution >= 0.6 is 23.8 Å². The second-order valence-electron chi connectivity index (χ2n) is 5.97. The van der Waals surface area contributed by atoms with Gasteiger partial charge in [-0.25, -0.2) is 0 Å². The van der Waals surface area contributed by atoms with Crippen LogP contribution in [0.25, 0.3) is 0 Å². The van der Waals surface area contributed by atoms with Crippen molar-refractivity contribution in [1.29, 1.82) is 0 Å². The van der Waals surface area contributed by atoms with Crippen molar-refractivity contribution in [3.05, 3.63) is 47.4 Å². The molecule has 25 heavy (non-hydrogen) atoms. The highest BCUT2D eigenvalue weighted by molar-refractivity contribution is 7.80. The maximum atomic E-state index is 6.20. The van der Waals surface area contributed by atoms with Crippen molar-refractivity contribution in [3.8, 4) is 5.75 Å². The van der Waals surface area contributed by atoms with Crippen LogP contribution in [0.5, 0.6) is 5.75 Å². The highest BCUT2D eigenvalue weighted by Gasteiger charge is 2.21. The Balaban J connectivity index is 2.15. The second kappa shape index (κ2) is 9.08. The molecule has 136 valence electrons. The maximum Gasteiger partial charge on any atom is 0.174 e. The Labute approximate surface area is 159 Å². The molecule has 0 bridgehead atoms. The van der Waals surface area contributed by atoms with Crippen LogP contribution in [0.1, 0.15) is 18.7 Å². The topological polar surface area (TPSA) is 40.9 Å². The van der Waals surface area contributed by atoms with E-state index >= 15 is 0 Å². The molecule has 7 heteroatoms. The van der Waals surface area contributed by atoms with E-state index in [1.165, 1.54) is 0 Å². The van der Waals surface area contributed by atoms with Gasteiger partial charge in [-0.1, -0.05) is 11.6 Å². The quantitative estimate of drug-likeness (QED) is 0.722. The zero-order valence-electron chi connectivity index (χ0n) is 15.0. The van der Waals surface area contributed by atoms with Crippen molar-refractivity contribution in [2.75, 3.05) is 39.6 Å². The van der Waals surface area contributed by atoms with Crippen LogP contribution in [0.2, 0.25) is 5.02 Å². The molecule has 1 unspecified atom stereocenters. The summed E-state index contributed by atoms with van der Waals surface area (Å²) in [6, 6.07) is 9.36. The van der Waals surface area contributed by atoms with Crippen molar-refractivity contribution >= 4 is 34.6 Å². The number of rotatable bonds is 7. The fourth-order valence-electron chi connectivity index (χ4n) is 2.40. The van der Waals surface area contributed by atoms with E-state index in [2.05, 4.69) is 22.0 Å². The minimum absolute atomic E-state index is 0.0173. The van der Waals surface area contributed by atoms with Gasteiger partial charge < -0.3 is 24.3 Å². The SMILES string of the molecule is COc1ccc(NC(=S)N(CCN(C)C)C(C)c2ccco2)cc1Cl. The normalized spacial score (nSPS) is 12.1. The number of likely N-dealkylation sites (N-methyl/N-ethyl adjacent to an activating group) is 1. The van der Waals surface area contributed by atoms with Crippen LogP contribution in [0.3, 0.4) is 0 Å². The standard InChI is InChI=1S/C18H24ClN3O2S/c1-13(16-6-5-11-24-16)22(10-9-21(2)3)18(25)20-14-7-8-17(23-4)15(19)12-14/h5-8,11-13H,9-10H2,1-4H3,(H,20,25). The van der Waals surface area contributed by atoms with Crippen LogP contribution in [-0.4, -0.2) is 49.2 Å². The number of hydrogen-bond donors (Lipinski definition) is 1. The molecular weight excluding hydrogens is 358 g/mol. The van der Waals surface area contributed by atoms with Gasteiger partial charge in [-0.05, 0) is 63.6 Å². The fraction of sp³-hybridized carbons (Fsp3) is 0.389. The van der Waals surface area contributed by atoms with Crippen molar-refractivity contribution in [3.63, 3.8) is 0 Å². The smallest absolute Gasteiger partial charge is 0.174 e. The molecule has 2 aromatic rings. The van der Waals surface area contributed by atoms with Crippen molar-refractivity contribution in [2.45, 2.75) is 13.0 Å². The number of nitrogens with one attached hydrogen (secondary N) is 1.